The third kappa shape index (κ3) is 10.2. The summed E-state index contributed by atoms with van der Waals surface area (Å²) >= 11 is 0. The minimum absolute atomic E-state index is 0.155. The van der Waals surface area contributed by atoms with Crippen LogP contribution in [-0.2, 0) is 8.85 Å². The molecule has 0 aromatic rings. The van der Waals surface area contributed by atoms with Gasteiger partial charge in [0.25, 0.3) is 0 Å². The van der Waals surface area contributed by atoms with Gasteiger partial charge in [-0.05, 0) is 115 Å². The first-order chi connectivity index (χ1) is 20.0. The molecule has 2 rings (SSSR count). The Morgan fingerprint density at radius 3 is 2.02 bits per heavy atom. The van der Waals surface area contributed by atoms with Crippen molar-refractivity contribution in [2.45, 2.75) is 131 Å². The van der Waals surface area contributed by atoms with Crippen LogP contribution in [0, 0.1) is 35.5 Å². The Hall–Kier alpha value is -0.0631. The van der Waals surface area contributed by atoms with Gasteiger partial charge < -0.3 is 34.8 Å². The van der Waals surface area contributed by atoms with Crippen LogP contribution >= 0.6 is 0 Å². The maximum Gasteiger partial charge on any atom is 0.335 e. The van der Waals surface area contributed by atoms with Gasteiger partial charge in [-0.2, -0.15) is 0 Å². The molecular weight excluding hydrogens is 552 g/mol. The zero-order valence-corrected chi connectivity index (χ0v) is 31.6. The number of nitrogens with one attached hydrogen (secondary N) is 3. The van der Waals surface area contributed by atoms with Crippen molar-refractivity contribution in [1.82, 2.24) is 20.9 Å². The van der Waals surface area contributed by atoms with E-state index in [1.54, 1.807) is 0 Å². The molecule has 0 radical (unpaired) electrons. The van der Waals surface area contributed by atoms with E-state index in [9.17, 15) is 5.11 Å². The fraction of sp³-hybridized carbons (Fsp3) is 1.00. The van der Waals surface area contributed by atoms with Crippen LogP contribution < -0.4 is 16.0 Å². The van der Waals surface area contributed by atoms with Crippen LogP contribution in [0.2, 0.25) is 12.6 Å². The van der Waals surface area contributed by atoms with Gasteiger partial charge in [-0.3, -0.25) is 0 Å². The van der Waals surface area contributed by atoms with Crippen LogP contribution in [0.15, 0.2) is 0 Å². The molecule has 0 amide bonds. The van der Waals surface area contributed by atoms with Crippen LogP contribution in [0.1, 0.15) is 102 Å². The molecule has 8 heteroatoms. The van der Waals surface area contributed by atoms with E-state index in [1.165, 1.54) is 12.8 Å². The lowest BCUT2D eigenvalue weighted by Gasteiger charge is -2.61. The van der Waals surface area contributed by atoms with Gasteiger partial charge >= 0.3 is 8.56 Å². The van der Waals surface area contributed by atoms with Gasteiger partial charge in [0, 0.05) is 32.1 Å². The monoisotopic (exact) mass is 627 g/mol. The SMILES string of the molecule is CCC(C)C1(C)O[Si](C)(CCCN2CCCNCCNCCCNCC2)OC(C)(C(C)C(C)C(C)C(C)(O)C(C)C)C1C. The number of aliphatic hydroxyl groups is 1. The normalized spacial score (nSPS) is 35.4. The Kier molecular flexibility index (Phi) is 15.6. The fourth-order valence-electron chi connectivity index (χ4n) is 7.75. The number of hydrogen-bond acceptors (Lipinski definition) is 7. The highest BCUT2D eigenvalue weighted by molar-refractivity contribution is 6.66. The van der Waals surface area contributed by atoms with Crippen molar-refractivity contribution in [2.75, 3.05) is 58.9 Å². The highest BCUT2D eigenvalue weighted by atomic mass is 28.4. The lowest BCUT2D eigenvalue weighted by molar-refractivity contribution is -0.204. The third-order valence-electron chi connectivity index (χ3n) is 12.5. The molecule has 4 N–H and O–H groups in total. The quantitative estimate of drug-likeness (QED) is 0.214. The summed E-state index contributed by atoms with van der Waals surface area (Å²) in [7, 11) is -2.52. The van der Waals surface area contributed by atoms with Gasteiger partial charge in [-0.25, -0.2) is 0 Å². The zero-order valence-electron chi connectivity index (χ0n) is 30.6. The Morgan fingerprint density at radius 2 is 1.44 bits per heavy atom. The van der Waals surface area contributed by atoms with E-state index in [1.807, 2.05) is 6.92 Å². The van der Waals surface area contributed by atoms with Crippen molar-refractivity contribution in [3.05, 3.63) is 0 Å². The minimum Gasteiger partial charge on any atom is -0.390 e. The van der Waals surface area contributed by atoms with Crippen molar-refractivity contribution in [3.63, 3.8) is 0 Å². The molecule has 0 aromatic carbocycles. The summed E-state index contributed by atoms with van der Waals surface area (Å²) in [6.07, 6.45) is 4.55. The molecule has 0 saturated carbocycles. The predicted octanol–water partition coefficient (Wildman–Crippen LogP) is 5.87. The predicted molar refractivity (Wildman–Crippen MR) is 186 cm³/mol. The maximum absolute atomic E-state index is 11.5. The first kappa shape index (κ1) is 39.1. The summed E-state index contributed by atoms with van der Waals surface area (Å²) in [5.74, 6) is 1.61. The van der Waals surface area contributed by atoms with Crippen LogP contribution in [0.4, 0.5) is 0 Å². The molecule has 2 saturated heterocycles. The van der Waals surface area contributed by atoms with Gasteiger partial charge in [-0.1, -0.05) is 61.8 Å². The molecular formula is C35H74N4O3Si. The second-order valence-electron chi connectivity index (χ2n) is 15.5. The molecule has 9 unspecified atom stereocenters. The first-order valence-electron chi connectivity index (χ1n) is 18.0. The Balaban J connectivity index is 2.21. The maximum atomic E-state index is 11.5. The molecule has 0 aliphatic carbocycles. The molecule has 2 aliphatic heterocycles. The van der Waals surface area contributed by atoms with E-state index in [0.29, 0.717) is 11.8 Å². The molecule has 0 bridgehead atoms. The van der Waals surface area contributed by atoms with Crippen molar-refractivity contribution < 1.29 is 14.0 Å². The first-order valence-corrected chi connectivity index (χ1v) is 20.5. The summed E-state index contributed by atoms with van der Waals surface area (Å²) in [5.41, 5.74) is -1.29. The molecule has 9 atom stereocenters. The Labute approximate surface area is 268 Å². The Morgan fingerprint density at radius 1 is 0.884 bits per heavy atom. The van der Waals surface area contributed by atoms with Gasteiger partial charge in [0.05, 0.1) is 16.8 Å². The van der Waals surface area contributed by atoms with Crippen molar-refractivity contribution in [3.8, 4) is 0 Å². The third-order valence-corrected chi connectivity index (χ3v) is 15.5. The van der Waals surface area contributed by atoms with Crippen molar-refractivity contribution in [1.29, 1.82) is 0 Å². The van der Waals surface area contributed by atoms with Gasteiger partial charge in [0.15, 0.2) is 0 Å². The van der Waals surface area contributed by atoms with E-state index >= 15 is 0 Å². The molecule has 0 spiro atoms. The molecule has 7 nitrogen and oxygen atoms in total. The molecule has 2 aliphatic rings. The lowest BCUT2D eigenvalue weighted by Crippen LogP contribution is -2.69. The summed E-state index contributed by atoms with van der Waals surface area (Å²) < 4.78 is 14.7. The van der Waals surface area contributed by atoms with Crippen LogP contribution in [-0.4, -0.2) is 94.3 Å². The largest absolute Gasteiger partial charge is 0.390 e. The van der Waals surface area contributed by atoms with Gasteiger partial charge in [0.1, 0.15) is 0 Å². The molecule has 2 fully saturated rings. The van der Waals surface area contributed by atoms with E-state index in [-0.39, 0.29) is 34.9 Å². The minimum atomic E-state index is -2.52. The smallest absolute Gasteiger partial charge is 0.335 e. The second kappa shape index (κ2) is 17.2. The zero-order chi connectivity index (χ0) is 32.5. The van der Waals surface area contributed by atoms with E-state index < -0.39 is 14.2 Å². The summed E-state index contributed by atoms with van der Waals surface area (Å²) in [4.78, 5) is 2.65. The second-order valence-corrected chi connectivity index (χ2v) is 18.6. The average molecular weight is 627 g/mol. The van der Waals surface area contributed by atoms with Crippen molar-refractivity contribution in [2.24, 2.45) is 35.5 Å². The number of hydrogen-bond donors (Lipinski definition) is 4. The van der Waals surface area contributed by atoms with E-state index in [0.717, 1.165) is 77.8 Å². The number of rotatable bonds is 11. The lowest BCUT2D eigenvalue weighted by atomic mass is 9.61. The number of nitrogens with zero attached hydrogens (tertiary/aromatic N) is 1. The summed E-state index contributed by atoms with van der Waals surface area (Å²) in [5, 5.41) is 22.2. The van der Waals surface area contributed by atoms with Crippen LogP contribution in [0.3, 0.4) is 0 Å². The molecule has 2 heterocycles. The highest BCUT2D eigenvalue weighted by Gasteiger charge is 2.61. The van der Waals surface area contributed by atoms with E-state index in [4.69, 9.17) is 8.85 Å². The van der Waals surface area contributed by atoms with Crippen LogP contribution in [0.25, 0.3) is 0 Å². The standard InChI is InChI=1S/C35H74N4O3Si/c1-13-28(4)34(10)32(8)35(11,31(7)29(5)30(6)33(9,40)27(2)3)42-43(12,41-34)26-16-24-39-23-15-19-37-21-20-36-17-14-18-38-22-25-39/h27-32,36-38,40H,13-26H2,1-12H3. The van der Waals surface area contributed by atoms with Gasteiger partial charge in [0.2, 0.25) is 0 Å². The van der Waals surface area contributed by atoms with E-state index in [2.05, 4.69) is 96.6 Å². The highest BCUT2D eigenvalue weighted by Crippen LogP contribution is 2.53. The molecule has 43 heavy (non-hydrogen) atoms. The Bertz CT molecular complexity index is 789. The average Bonchev–Trinajstić information content (AvgIpc) is 2.95. The summed E-state index contributed by atoms with van der Waals surface area (Å²) in [6, 6.07) is 1.01. The van der Waals surface area contributed by atoms with Crippen LogP contribution in [0.5, 0.6) is 0 Å². The molecule has 256 valence electrons. The van der Waals surface area contributed by atoms with Crippen molar-refractivity contribution >= 4 is 8.56 Å². The summed E-state index contributed by atoms with van der Waals surface area (Å²) in [6.45, 7) is 37.1. The van der Waals surface area contributed by atoms with Gasteiger partial charge in [-0.15, -0.1) is 0 Å². The topological polar surface area (TPSA) is 78.0 Å². The molecule has 0 aromatic heterocycles. The fourth-order valence-corrected chi connectivity index (χ4v) is 11.4.